The minimum Gasteiger partial charge on any atom is -0.382 e. The number of fused-ring (bicyclic) bond motifs is 1. The Labute approximate surface area is 125 Å². The Balaban J connectivity index is 1.93. The van der Waals surface area contributed by atoms with Crippen molar-refractivity contribution in [1.29, 1.82) is 0 Å². The van der Waals surface area contributed by atoms with Gasteiger partial charge in [0.05, 0.1) is 0 Å². The van der Waals surface area contributed by atoms with Gasteiger partial charge in [0.2, 0.25) is 5.91 Å². The largest absolute Gasteiger partial charge is 0.382 e. The number of carbonyl (C=O) groups excluding carboxylic acids is 2. The minimum atomic E-state index is -0.0735. The van der Waals surface area contributed by atoms with Gasteiger partial charge in [-0.2, -0.15) is 0 Å². The van der Waals surface area contributed by atoms with Crippen molar-refractivity contribution >= 4 is 17.5 Å². The van der Waals surface area contributed by atoms with Crippen molar-refractivity contribution < 1.29 is 14.3 Å². The van der Waals surface area contributed by atoms with E-state index in [0.29, 0.717) is 31.9 Å². The number of amides is 2. The predicted molar refractivity (Wildman–Crippen MR) is 81.6 cm³/mol. The highest BCUT2D eigenvalue weighted by atomic mass is 16.5. The number of benzene rings is 1. The highest BCUT2D eigenvalue weighted by Crippen LogP contribution is 2.28. The predicted octanol–water partition coefficient (Wildman–Crippen LogP) is 1.75. The molecule has 1 N–H and O–H groups in total. The molecule has 2 rings (SSSR count). The third kappa shape index (κ3) is 3.82. The van der Waals surface area contributed by atoms with Gasteiger partial charge in [-0.3, -0.25) is 9.59 Å². The van der Waals surface area contributed by atoms with E-state index in [0.717, 1.165) is 24.1 Å². The van der Waals surface area contributed by atoms with Crippen molar-refractivity contribution in [2.75, 3.05) is 31.2 Å². The molecule has 0 saturated heterocycles. The molecule has 1 aromatic carbocycles. The summed E-state index contributed by atoms with van der Waals surface area (Å²) in [6.45, 7) is 6.18. The first-order chi connectivity index (χ1) is 10.1. The number of hydrogen-bond donors (Lipinski definition) is 1. The lowest BCUT2D eigenvalue weighted by molar-refractivity contribution is -0.116. The third-order valence-corrected chi connectivity index (χ3v) is 3.57. The summed E-state index contributed by atoms with van der Waals surface area (Å²) in [7, 11) is 0. The summed E-state index contributed by atoms with van der Waals surface area (Å²) in [5.41, 5.74) is 2.64. The zero-order valence-electron chi connectivity index (χ0n) is 12.6. The number of nitrogens with zero attached hydrogens (tertiary/aromatic N) is 1. The summed E-state index contributed by atoms with van der Waals surface area (Å²) in [5.74, 6) is -0.0301. The molecule has 1 aromatic rings. The highest BCUT2D eigenvalue weighted by Gasteiger charge is 2.22. The summed E-state index contributed by atoms with van der Waals surface area (Å²) in [4.78, 5) is 25.3. The van der Waals surface area contributed by atoms with Gasteiger partial charge in [0.15, 0.2) is 0 Å². The topological polar surface area (TPSA) is 58.6 Å². The fraction of sp³-hybridized carbons (Fsp3) is 0.500. The molecule has 0 unspecified atom stereocenters. The van der Waals surface area contributed by atoms with E-state index >= 15 is 0 Å². The highest BCUT2D eigenvalue weighted by molar-refractivity contribution is 5.97. The van der Waals surface area contributed by atoms with Crippen molar-refractivity contribution in [3.05, 3.63) is 29.3 Å². The lowest BCUT2D eigenvalue weighted by Gasteiger charge is -2.14. The second-order valence-electron chi connectivity index (χ2n) is 5.07. The molecule has 1 heterocycles. The number of anilines is 1. The van der Waals surface area contributed by atoms with E-state index in [-0.39, 0.29) is 11.8 Å². The quantitative estimate of drug-likeness (QED) is 0.812. The molecule has 0 bridgehead atoms. The molecule has 0 radical (unpaired) electrons. The van der Waals surface area contributed by atoms with Crippen LogP contribution in [0.4, 0.5) is 5.69 Å². The van der Waals surface area contributed by atoms with Gasteiger partial charge in [-0.15, -0.1) is 0 Å². The molecule has 0 aliphatic carbocycles. The van der Waals surface area contributed by atoms with Gasteiger partial charge in [-0.05, 0) is 43.5 Å². The van der Waals surface area contributed by atoms with Crippen LogP contribution in [0.15, 0.2) is 18.2 Å². The number of hydrogen-bond acceptors (Lipinski definition) is 3. The molecule has 2 amide bonds. The van der Waals surface area contributed by atoms with Crippen molar-refractivity contribution in [2.24, 2.45) is 0 Å². The third-order valence-electron chi connectivity index (χ3n) is 3.57. The summed E-state index contributed by atoms with van der Waals surface area (Å²) in [6.07, 6.45) is 1.61. The number of rotatable bonds is 6. The van der Waals surface area contributed by atoms with E-state index < -0.39 is 0 Å². The zero-order valence-corrected chi connectivity index (χ0v) is 12.6. The summed E-state index contributed by atoms with van der Waals surface area (Å²) >= 11 is 0. The Morgan fingerprint density at radius 3 is 2.90 bits per heavy atom. The molecule has 5 nitrogen and oxygen atoms in total. The monoisotopic (exact) mass is 290 g/mol. The van der Waals surface area contributed by atoms with E-state index in [1.165, 1.54) is 0 Å². The van der Waals surface area contributed by atoms with Crippen LogP contribution in [0.25, 0.3) is 0 Å². The Morgan fingerprint density at radius 1 is 1.38 bits per heavy atom. The Hall–Kier alpha value is -1.88. The molecular weight excluding hydrogens is 268 g/mol. The second kappa shape index (κ2) is 7.22. The van der Waals surface area contributed by atoms with Gasteiger partial charge in [-0.25, -0.2) is 0 Å². The van der Waals surface area contributed by atoms with Crippen LogP contribution in [0, 0.1) is 0 Å². The average molecular weight is 290 g/mol. The van der Waals surface area contributed by atoms with Gasteiger partial charge in [-0.1, -0.05) is 0 Å². The van der Waals surface area contributed by atoms with E-state index in [9.17, 15) is 9.59 Å². The van der Waals surface area contributed by atoms with Gasteiger partial charge in [0.25, 0.3) is 5.91 Å². The molecule has 0 saturated carbocycles. The van der Waals surface area contributed by atoms with Crippen LogP contribution >= 0.6 is 0 Å². The molecular formula is C16H22N2O3. The van der Waals surface area contributed by atoms with E-state index in [1.807, 2.05) is 19.1 Å². The van der Waals surface area contributed by atoms with Crippen LogP contribution in [-0.4, -0.2) is 38.1 Å². The maximum absolute atomic E-state index is 12.1. The molecule has 1 aliphatic rings. The zero-order chi connectivity index (χ0) is 15.2. The maximum atomic E-state index is 12.1. The van der Waals surface area contributed by atoms with Gasteiger partial charge >= 0.3 is 0 Å². The SMILES string of the molecule is CCOCCCNC(=O)c1ccc2c(c1)CCN2C(C)=O. The van der Waals surface area contributed by atoms with Crippen LogP contribution in [0.5, 0.6) is 0 Å². The van der Waals surface area contributed by atoms with Crippen LogP contribution in [-0.2, 0) is 16.0 Å². The Morgan fingerprint density at radius 2 is 2.19 bits per heavy atom. The van der Waals surface area contributed by atoms with Crippen LogP contribution in [0.3, 0.4) is 0 Å². The Kier molecular flexibility index (Phi) is 5.33. The molecule has 1 aliphatic heterocycles. The molecule has 0 fully saturated rings. The maximum Gasteiger partial charge on any atom is 0.251 e. The first kappa shape index (κ1) is 15.5. The molecule has 0 spiro atoms. The van der Waals surface area contributed by atoms with Crippen molar-refractivity contribution in [3.63, 3.8) is 0 Å². The van der Waals surface area contributed by atoms with Crippen molar-refractivity contribution in [3.8, 4) is 0 Å². The molecule has 0 aromatic heterocycles. The van der Waals surface area contributed by atoms with E-state index in [4.69, 9.17) is 4.74 Å². The standard InChI is InChI=1S/C16H22N2O3/c1-3-21-10-4-8-17-16(20)14-5-6-15-13(11-14)7-9-18(15)12(2)19/h5-6,11H,3-4,7-10H2,1-2H3,(H,17,20). The van der Waals surface area contributed by atoms with E-state index in [2.05, 4.69) is 5.32 Å². The fourth-order valence-corrected chi connectivity index (χ4v) is 2.49. The summed E-state index contributed by atoms with van der Waals surface area (Å²) < 4.78 is 5.23. The lowest BCUT2D eigenvalue weighted by atomic mass is 10.1. The lowest BCUT2D eigenvalue weighted by Crippen LogP contribution is -2.26. The first-order valence-corrected chi connectivity index (χ1v) is 7.40. The molecule has 0 atom stereocenters. The summed E-state index contributed by atoms with van der Waals surface area (Å²) in [6, 6.07) is 5.52. The smallest absolute Gasteiger partial charge is 0.251 e. The fourth-order valence-electron chi connectivity index (χ4n) is 2.49. The summed E-state index contributed by atoms with van der Waals surface area (Å²) in [5, 5.41) is 2.88. The van der Waals surface area contributed by atoms with E-state index in [1.54, 1.807) is 17.9 Å². The van der Waals surface area contributed by atoms with Crippen LogP contribution < -0.4 is 10.2 Å². The van der Waals surface area contributed by atoms with Crippen molar-refractivity contribution in [1.82, 2.24) is 5.32 Å². The van der Waals surface area contributed by atoms with Crippen LogP contribution in [0.2, 0.25) is 0 Å². The molecule has 21 heavy (non-hydrogen) atoms. The minimum absolute atomic E-state index is 0.0434. The molecule has 5 heteroatoms. The molecule has 114 valence electrons. The Bertz CT molecular complexity index is 528. The number of nitrogens with one attached hydrogen (secondary N) is 1. The second-order valence-corrected chi connectivity index (χ2v) is 5.07. The normalized spacial score (nSPS) is 13.1. The van der Waals surface area contributed by atoms with Gasteiger partial charge < -0.3 is 15.0 Å². The first-order valence-electron chi connectivity index (χ1n) is 7.40. The number of ether oxygens (including phenoxy) is 1. The van der Waals surface area contributed by atoms with Gasteiger partial charge in [0, 0.05) is 44.5 Å². The average Bonchev–Trinajstić information content (AvgIpc) is 2.90. The van der Waals surface area contributed by atoms with Gasteiger partial charge in [0.1, 0.15) is 0 Å². The van der Waals surface area contributed by atoms with Crippen LogP contribution in [0.1, 0.15) is 36.2 Å². The number of carbonyl (C=O) groups is 2. The van der Waals surface area contributed by atoms with Crippen molar-refractivity contribution in [2.45, 2.75) is 26.7 Å².